The molecule has 0 bridgehead atoms. The first-order valence-electron chi connectivity index (χ1n) is 9.63. The van der Waals surface area contributed by atoms with Crippen LogP contribution in [-0.2, 0) is 19.2 Å². The maximum atomic E-state index is 11.9. The van der Waals surface area contributed by atoms with Gasteiger partial charge in [-0.2, -0.15) is 0 Å². The molecule has 4 N–H and O–H groups in total. The lowest BCUT2D eigenvalue weighted by atomic mass is 10.1. The fourth-order valence-corrected chi connectivity index (χ4v) is 3.37. The van der Waals surface area contributed by atoms with Crippen LogP contribution < -0.4 is 10.6 Å². The molecule has 0 aromatic carbocycles. The highest BCUT2D eigenvalue weighted by atomic mass is 79.9. The van der Waals surface area contributed by atoms with Crippen molar-refractivity contribution < 1.29 is 29.4 Å². The summed E-state index contributed by atoms with van der Waals surface area (Å²) in [5.74, 6) is -2.78. The third-order valence-corrected chi connectivity index (χ3v) is 5.96. The van der Waals surface area contributed by atoms with Crippen molar-refractivity contribution in [3.05, 3.63) is 0 Å². The van der Waals surface area contributed by atoms with Gasteiger partial charge in [0.1, 0.15) is 15.4 Å². The van der Waals surface area contributed by atoms with Crippen LogP contribution in [-0.4, -0.2) is 77.4 Å². The summed E-state index contributed by atoms with van der Waals surface area (Å²) in [5, 5.41) is 22.0. The summed E-state index contributed by atoms with van der Waals surface area (Å²) in [6.07, 6.45) is 0. The summed E-state index contributed by atoms with van der Waals surface area (Å²) in [7, 11) is 0. The van der Waals surface area contributed by atoms with Crippen molar-refractivity contribution in [2.24, 2.45) is 0 Å². The second-order valence-corrected chi connectivity index (χ2v) is 11.0. The molecule has 0 saturated heterocycles. The highest BCUT2D eigenvalue weighted by Gasteiger charge is 2.31. The van der Waals surface area contributed by atoms with Crippen LogP contribution in [0.3, 0.4) is 0 Å². The van der Waals surface area contributed by atoms with E-state index in [9.17, 15) is 19.2 Å². The Morgan fingerprint density at radius 3 is 1.58 bits per heavy atom. The van der Waals surface area contributed by atoms with Crippen LogP contribution in [0, 0.1) is 0 Å². The highest BCUT2D eigenvalue weighted by molar-refractivity contribution is 9.10. The number of hydrogen-bond donors (Lipinski definition) is 4. The van der Waals surface area contributed by atoms with Crippen LogP contribution in [0.25, 0.3) is 0 Å². The van der Waals surface area contributed by atoms with Gasteiger partial charge in [-0.05, 0) is 55.4 Å². The molecule has 0 aromatic rings. The van der Waals surface area contributed by atoms with E-state index in [2.05, 4.69) is 26.6 Å². The molecule has 0 aliphatic rings. The van der Waals surface area contributed by atoms with Gasteiger partial charge in [-0.15, -0.1) is 0 Å². The lowest BCUT2D eigenvalue weighted by Gasteiger charge is -2.25. The Balaban J connectivity index is 0. The van der Waals surface area contributed by atoms with Gasteiger partial charge in [-0.25, -0.2) is 9.59 Å². The second-order valence-electron chi connectivity index (χ2n) is 7.65. The summed E-state index contributed by atoms with van der Waals surface area (Å²) < 4.78 is 0.654. The molecule has 0 spiro atoms. The van der Waals surface area contributed by atoms with Crippen LogP contribution in [0.1, 0.15) is 55.4 Å². The van der Waals surface area contributed by atoms with Gasteiger partial charge in [-0.1, -0.05) is 39.9 Å². The number of carboxylic acids is 2. The van der Waals surface area contributed by atoms with Gasteiger partial charge >= 0.3 is 11.9 Å². The fraction of sp³-hybridized carbons (Fsp3) is 0.737. The Morgan fingerprint density at radius 2 is 1.29 bits per heavy atom. The topological polar surface area (TPSA) is 136 Å². The van der Waals surface area contributed by atoms with E-state index in [1.54, 1.807) is 13.8 Å². The SMILES string of the molecule is CC(Br)C(=O)NC(C)(C)C(=O)O.CCN(CC)C(=S)SC(C)C(=O)NC(C)(C)C(=O)O. The van der Waals surface area contributed by atoms with Gasteiger partial charge < -0.3 is 25.7 Å². The molecule has 31 heavy (non-hydrogen) atoms. The van der Waals surface area contributed by atoms with Crippen molar-refractivity contribution in [1.29, 1.82) is 0 Å². The summed E-state index contributed by atoms with van der Waals surface area (Å²) in [4.78, 5) is 46.1. The number of nitrogens with one attached hydrogen (secondary N) is 2. The van der Waals surface area contributed by atoms with Gasteiger partial charge in [0.05, 0.1) is 10.1 Å². The number of thiocarbonyl (C=S) groups is 1. The van der Waals surface area contributed by atoms with Crippen molar-refractivity contribution in [3.63, 3.8) is 0 Å². The number of carboxylic acid groups (broad SMARTS) is 2. The van der Waals surface area contributed by atoms with Crippen molar-refractivity contribution in [2.45, 2.75) is 76.5 Å². The molecule has 2 amide bonds. The van der Waals surface area contributed by atoms with E-state index in [0.29, 0.717) is 4.32 Å². The zero-order chi connectivity index (χ0) is 25.2. The smallest absolute Gasteiger partial charge is 0.328 e. The lowest BCUT2D eigenvalue weighted by molar-refractivity contribution is -0.146. The maximum absolute atomic E-state index is 11.9. The predicted molar refractivity (Wildman–Crippen MR) is 131 cm³/mol. The van der Waals surface area contributed by atoms with Crippen LogP contribution in [0.2, 0.25) is 0 Å². The van der Waals surface area contributed by atoms with E-state index in [-0.39, 0.29) is 16.6 Å². The average Bonchev–Trinajstić information content (AvgIpc) is 2.62. The summed E-state index contributed by atoms with van der Waals surface area (Å²) >= 11 is 9.56. The standard InChI is InChI=1S/C12H22N2O3S2.C7H12BrNO3/c1-6-14(7-2)11(18)19-8(3)9(15)13-12(4,5)10(16)17;1-4(8)5(10)9-7(2,3)6(11)12/h8H,6-7H2,1-5H3,(H,13,15)(H,16,17);4H,1-3H3,(H,9,10)(H,11,12). The van der Waals surface area contributed by atoms with Crippen LogP contribution in [0.5, 0.6) is 0 Å². The van der Waals surface area contributed by atoms with E-state index >= 15 is 0 Å². The minimum atomic E-state index is -1.28. The molecule has 9 nitrogen and oxygen atoms in total. The average molecular weight is 545 g/mol. The number of aliphatic carboxylic acids is 2. The van der Waals surface area contributed by atoms with Crippen LogP contribution >= 0.6 is 39.9 Å². The van der Waals surface area contributed by atoms with E-state index in [1.807, 2.05) is 18.7 Å². The number of carbonyl (C=O) groups excluding carboxylic acids is 2. The molecule has 2 atom stereocenters. The van der Waals surface area contributed by atoms with E-state index < -0.39 is 28.3 Å². The van der Waals surface area contributed by atoms with Crippen molar-refractivity contribution in [1.82, 2.24) is 15.5 Å². The van der Waals surface area contributed by atoms with Crippen molar-refractivity contribution in [3.8, 4) is 0 Å². The highest BCUT2D eigenvalue weighted by Crippen LogP contribution is 2.17. The molecule has 0 aliphatic heterocycles. The van der Waals surface area contributed by atoms with Gasteiger partial charge in [0.15, 0.2) is 0 Å². The molecule has 0 aliphatic carbocycles. The minimum absolute atomic E-state index is 0.327. The Bertz CT molecular complexity index is 667. The largest absolute Gasteiger partial charge is 0.480 e. The van der Waals surface area contributed by atoms with Crippen LogP contribution in [0.4, 0.5) is 0 Å². The molecule has 0 radical (unpaired) electrons. The molecule has 2 unspecified atom stereocenters. The number of rotatable bonds is 9. The first-order valence-corrected chi connectivity index (χ1v) is 11.8. The Labute approximate surface area is 202 Å². The molecule has 0 rings (SSSR count). The Hall–Kier alpha value is -1.40. The fourth-order valence-electron chi connectivity index (χ4n) is 1.69. The first-order chi connectivity index (χ1) is 13.9. The number of amides is 2. The second kappa shape index (κ2) is 13.9. The van der Waals surface area contributed by atoms with Gasteiger partial charge in [0.25, 0.3) is 0 Å². The number of halogens is 1. The van der Waals surface area contributed by atoms with Crippen LogP contribution in [0.15, 0.2) is 0 Å². The lowest BCUT2D eigenvalue weighted by Crippen LogP contribution is -2.52. The third-order valence-electron chi connectivity index (χ3n) is 3.97. The van der Waals surface area contributed by atoms with E-state index in [0.717, 1.165) is 13.1 Å². The summed E-state index contributed by atoms with van der Waals surface area (Å²) in [6.45, 7) is 14.7. The number of hydrogen-bond acceptors (Lipinski definition) is 6. The minimum Gasteiger partial charge on any atom is -0.480 e. The van der Waals surface area contributed by atoms with E-state index in [4.69, 9.17) is 22.4 Å². The number of carbonyl (C=O) groups is 4. The normalized spacial score (nSPS) is 13.1. The molecular formula is C19H34BrN3O6S2. The summed E-state index contributed by atoms with van der Waals surface area (Å²) in [6, 6.07) is 0. The van der Waals surface area contributed by atoms with Crippen molar-refractivity contribution >= 4 is 68.0 Å². The molecule has 0 aromatic heterocycles. The van der Waals surface area contributed by atoms with Gasteiger partial charge in [0, 0.05) is 13.1 Å². The number of nitrogens with zero attached hydrogens (tertiary/aromatic N) is 1. The third kappa shape index (κ3) is 12.3. The van der Waals surface area contributed by atoms with Crippen molar-refractivity contribution in [2.75, 3.05) is 13.1 Å². The molecule has 0 fully saturated rings. The molecule has 180 valence electrons. The zero-order valence-corrected chi connectivity index (χ0v) is 22.5. The zero-order valence-electron chi connectivity index (χ0n) is 19.2. The predicted octanol–water partition coefficient (Wildman–Crippen LogP) is 2.46. The Morgan fingerprint density at radius 1 is 0.935 bits per heavy atom. The molecule has 0 saturated carbocycles. The Kier molecular flexibility index (Phi) is 14.2. The quantitative estimate of drug-likeness (QED) is 0.255. The molecular weight excluding hydrogens is 510 g/mol. The molecule has 12 heteroatoms. The van der Waals surface area contributed by atoms with Gasteiger partial charge in [-0.3, -0.25) is 9.59 Å². The van der Waals surface area contributed by atoms with Gasteiger partial charge in [0.2, 0.25) is 11.8 Å². The monoisotopic (exact) mass is 543 g/mol. The summed E-state index contributed by atoms with van der Waals surface area (Å²) in [5.41, 5.74) is -2.48. The number of thioether (sulfide) groups is 1. The maximum Gasteiger partial charge on any atom is 0.328 e. The number of alkyl halides is 1. The first kappa shape index (κ1) is 31.8. The molecule has 0 heterocycles. The van der Waals surface area contributed by atoms with E-state index in [1.165, 1.54) is 39.5 Å².